The van der Waals surface area contributed by atoms with Crippen LogP contribution in [0.5, 0.6) is 0 Å². The van der Waals surface area contributed by atoms with E-state index < -0.39 is 21.9 Å². The summed E-state index contributed by atoms with van der Waals surface area (Å²) in [6.45, 7) is -0.188. The van der Waals surface area contributed by atoms with Crippen molar-refractivity contribution < 1.29 is 17.9 Å². The van der Waals surface area contributed by atoms with Gasteiger partial charge in [0.25, 0.3) is 0 Å². The van der Waals surface area contributed by atoms with Gasteiger partial charge < -0.3 is 9.67 Å². The van der Waals surface area contributed by atoms with Crippen LogP contribution in [-0.4, -0.2) is 40.0 Å². The molecular weight excluding hydrogens is 309 g/mol. The van der Waals surface area contributed by atoms with Crippen LogP contribution in [0.15, 0.2) is 35.5 Å². The molecule has 0 saturated carbocycles. The van der Waals surface area contributed by atoms with Crippen LogP contribution in [0, 0.1) is 5.82 Å². The zero-order valence-corrected chi connectivity index (χ0v) is 12.8. The lowest BCUT2D eigenvalue weighted by Gasteiger charge is -2.33. The van der Waals surface area contributed by atoms with Crippen molar-refractivity contribution in [1.29, 1.82) is 0 Å². The molecule has 1 aliphatic heterocycles. The van der Waals surface area contributed by atoms with Gasteiger partial charge in [0.1, 0.15) is 5.82 Å². The zero-order chi connectivity index (χ0) is 15.9. The van der Waals surface area contributed by atoms with E-state index in [0.717, 1.165) is 17.8 Å². The smallest absolute Gasteiger partial charge is 0.243 e. The van der Waals surface area contributed by atoms with E-state index in [9.17, 15) is 17.9 Å². The summed E-state index contributed by atoms with van der Waals surface area (Å²) in [5, 5.41) is 9.57. The third-order valence-electron chi connectivity index (χ3n) is 3.92. The number of hydrogen-bond donors (Lipinski definition) is 1. The summed E-state index contributed by atoms with van der Waals surface area (Å²) < 4.78 is 41.5. The Kier molecular flexibility index (Phi) is 3.75. The van der Waals surface area contributed by atoms with Crippen molar-refractivity contribution in [3.8, 4) is 0 Å². The van der Waals surface area contributed by atoms with Crippen molar-refractivity contribution in [1.82, 2.24) is 13.9 Å². The highest BCUT2D eigenvalue weighted by Crippen LogP contribution is 2.28. The van der Waals surface area contributed by atoms with Gasteiger partial charge in [0, 0.05) is 19.2 Å². The minimum Gasteiger partial charge on any atom is -0.395 e. The van der Waals surface area contributed by atoms with Gasteiger partial charge in [-0.05, 0) is 24.3 Å². The average molecular weight is 325 g/mol. The van der Waals surface area contributed by atoms with Gasteiger partial charge in [-0.25, -0.2) is 17.8 Å². The van der Waals surface area contributed by atoms with E-state index >= 15 is 0 Å². The minimum absolute atomic E-state index is 0.00623. The van der Waals surface area contributed by atoms with E-state index in [1.807, 2.05) is 11.6 Å². The first kappa shape index (κ1) is 15.1. The molecule has 1 N–H and O–H groups in total. The summed E-state index contributed by atoms with van der Waals surface area (Å²) >= 11 is 0. The van der Waals surface area contributed by atoms with Crippen LogP contribution < -0.4 is 0 Å². The van der Waals surface area contributed by atoms with Crippen LogP contribution in [0.4, 0.5) is 4.39 Å². The van der Waals surface area contributed by atoms with Crippen molar-refractivity contribution in [2.45, 2.75) is 23.9 Å². The largest absolute Gasteiger partial charge is 0.395 e. The Balaban J connectivity index is 2.00. The van der Waals surface area contributed by atoms with Crippen molar-refractivity contribution in [3.63, 3.8) is 0 Å². The van der Waals surface area contributed by atoms with Crippen LogP contribution in [0.1, 0.15) is 11.4 Å². The minimum atomic E-state index is -3.82. The Morgan fingerprint density at radius 2 is 2.05 bits per heavy atom. The summed E-state index contributed by atoms with van der Waals surface area (Å²) in [7, 11) is -1.98. The van der Waals surface area contributed by atoms with Gasteiger partial charge in [-0.2, -0.15) is 4.31 Å². The van der Waals surface area contributed by atoms with Crippen LogP contribution >= 0.6 is 0 Å². The highest BCUT2D eigenvalue weighted by atomic mass is 32.2. The summed E-state index contributed by atoms with van der Waals surface area (Å²) in [5.74, 6) is -0.497. The van der Waals surface area contributed by atoms with E-state index in [1.54, 1.807) is 6.33 Å². The molecule has 0 spiro atoms. The Labute approximate surface area is 127 Å². The summed E-state index contributed by atoms with van der Waals surface area (Å²) in [6.07, 6.45) is 2.02. The van der Waals surface area contributed by atoms with Crippen LogP contribution in [0.2, 0.25) is 0 Å². The number of sulfonamides is 1. The van der Waals surface area contributed by atoms with Gasteiger partial charge in [0.05, 0.1) is 36.1 Å². The molecule has 0 unspecified atom stereocenters. The first-order valence-corrected chi connectivity index (χ1v) is 8.25. The predicted molar refractivity (Wildman–Crippen MR) is 76.9 cm³/mol. The number of aryl methyl sites for hydroxylation is 1. The molecule has 0 radical (unpaired) electrons. The second-order valence-electron chi connectivity index (χ2n) is 5.29. The van der Waals surface area contributed by atoms with Gasteiger partial charge >= 0.3 is 0 Å². The monoisotopic (exact) mass is 325 g/mol. The Morgan fingerprint density at radius 3 is 2.68 bits per heavy atom. The quantitative estimate of drug-likeness (QED) is 0.900. The molecule has 8 heteroatoms. The maximum Gasteiger partial charge on any atom is 0.243 e. The summed E-state index contributed by atoms with van der Waals surface area (Å²) in [6, 6.07) is 4.12. The fraction of sp³-hybridized carbons (Fsp3) is 0.357. The molecule has 0 bridgehead atoms. The second kappa shape index (κ2) is 5.45. The topological polar surface area (TPSA) is 75.4 Å². The van der Waals surface area contributed by atoms with E-state index in [4.69, 9.17) is 0 Å². The highest BCUT2D eigenvalue weighted by Gasteiger charge is 2.37. The van der Waals surface area contributed by atoms with Crippen molar-refractivity contribution >= 4 is 10.0 Å². The number of rotatable bonds is 3. The molecule has 0 fully saturated rings. The van der Waals surface area contributed by atoms with Gasteiger partial charge in [0.15, 0.2) is 0 Å². The molecular formula is C14H16FN3O3S. The molecule has 118 valence electrons. The zero-order valence-electron chi connectivity index (χ0n) is 12.0. The molecule has 1 aromatic carbocycles. The lowest BCUT2D eigenvalue weighted by atomic mass is 10.1. The van der Waals surface area contributed by atoms with Gasteiger partial charge in [-0.3, -0.25) is 0 Å². The fourth-order valence-corrected chi connectivity index (χ4v) is 4.26. The van der Waals surface area contributed by atoms with Crippen LogP contribution in [-0.2, 0) is 30.0 Å². The lowest BCUT2D eigenvalue weighted by Crippen LogP contribution is -2.46. The number of aliphatic hydroxyl groups is 1. The number of aliphatic hydroxyl groups excluding tert-OH is 1. The number of hydrogen-bond acceptors (Lipinski definition) is 4. The molecule has 0 saturated heterocycles. The van der Waals surface area contributed by atoms with E-state index in [-0.39, 0.29) is 18.0 Å². The maximum absolute atomic E-state index is 13.0. The molecule has 2 aromatic rings. The third-order valence-corrected chi connectivity index (χ3v) is 5.83. The molecule has 6 nitrogen and oxygen atoms in total. The standard InChI is InChI=1S/C14H16FN3O3S/c1-17-9-16-13-7-18(11(8-19)6-14(13)17)22(20,21)12-4-2-10(15)3-5-12/h2-5,9,11,19H,6-8H2,1H3/t11-/m0/s1. The number of halogens is 1. The Morgan fingerprint density at radius 1 is 1.36 bits per heavy atom. The predicted octanol–water partition coefficient (Wildman–Crippen LogP) is 0.667. The van der Waals surface area contributed by atoms with Gasteiger partial charge in [-0.15, -0.1) is 0 Å². The van der Waals surface area contributed by atoms with Gasteiger partial charge in [-0.1, -0.05) is 0 Å². The van der Waals surface area contributed by atoms with Crippen molar-refractivity contribution in [3.05, 3.63) is 47.8 Å². The second-order valence-corrected chi connectivity index (χ2v) is 7.18. The number of aromatic nitrogens is 2. The number of imidazole rings is 1. The average Bonchev–Trinajstić information content (AvgIpc) is 2.87. The Bertz CT molecular complexity index is 786. The normalized spacial score (nSPS) is 19.1. The van der Waals surface area contributed by atoms with Crippen LogP contribution in [0.3, 0.4) is 0 Å². The molecule has 1 atom stereocenters. The first-order chi connectivity index (χ1) is 10.4. The van der Waals surface area contributed by atoms with Crippen molar-refractivity contribution in [2.24, 2.45) is 7.05 Å². The summed E-state index contributed by atoms with van der Waals surface area (Å²) in [4.78, 5) is 4.22. The van der Waals surface area contributed by atoms with Gasteiger partial charge in [0.2, 0.25) is 10.0 Å². The molecule has 3 rings (SSSR count). The number of benzene rings is 1. The first-order valence-electron chi connectivity index (χ1n) is 6.81. The summed E-state index contributed by atoms with van der Waals surface area (Å²) in [5.41, 5.74) is 1.60. The van der Waals surface area contributed by atoms with E-state index in [1.165, 1.54) is 16.4 Å². The third kappa shape index (κ3) is 2.43. The van der Waals surface area contributed by atoms with E-state index in [0.29, 0.717) is 12.1 Å². The molecule has 2 heterocycles. The van der Waals surface area contributed by atoms with E-state index in [2.05, 4.69) is 4.98 Å². The highest BCUT2D eigenvalue weighted by molar-refractivity contribution is 7.89. The fourth-order valence-electron chi connectivity index (χ4n) is 2.68. The number of fused-ring (bicyclic) bond motifs is 1. The Hall–Kier alpha value is -1.77. The lowest BCUT2D eigenvalue weighted by molar-refractivity contribution is 0.171. The van der Waals surface area contributed by atoms with Crippen molar-refractivity contribution in [2.75, 3.05) is 6.61 Å². The molecule has 22 heavy (non-hydrogen) atoms. The van der Waals surface area contributed by atoms with Crippen LogP contribution in [0.25, 0.3) is 0 Å². The molecule has 1 aliphatic rings. The molecule has 0 amide bonds. The SMILES string of the molecule is Cn1cnc2c1C[C@@H](CO)N(S(=O)(=O)c1ccc(F)cc1)C2. The number of nitrogens with zero attached hydrogens (tertiary/aromatic N) is 3. The molecule has 0 aliphatic carbocycles. The molecule has 1 aromatic heterocycles. The maximum atomic E-state index is 13.0.